The second-order valence-electron chi connectivity index (χ2n) is 8.84. The molecule has 0 amide bonds. The molecule has 0 N–H and O–H groups in total. The van der Waals surface area contributed by atoms with E-state index in [0.29, 0.717) is 5.56 Å². The van der Waals surface area contributed by atoms with E-state index in [1.54, 1.807) is 12.1 Å². The second kappa shape index (κ2) is 11.4. The van der Waals surface area contributed by atoms with Crippen LogP contribution in [0.2, 0.25) is 0 Å². The van der Waals surface area contributed by atoms with Crippen molar-refractivity contribution in [2.24, 2.45) is 0 Å². The Bertz CT molecular complexity index is 1880. The summed E-state index contributed by atoms with van der Waals surface area (Å²) in [6.07, 6.45) is -2.82. The van der Waals surface area contributed by atoms with Crippen LogP contribution in [0.4, 0.5) is 18.9 Å². The summed E-state index contributed by atoms with van der Waals surface area (Å²) in [7, 11) is 0. The maximum absolute atomic E-state index is 13.9. The highest BCUT2D eigenvalue weighted by Gasteiger charge is 2.40. The predicted molar refractivity (Wildman–Crippen MR) is 147 cm³/mol. The van der Waals surface area contributed by atoms with E-state index in [2.05, 4.69) is 0 Å². The number of fused-ring (bicyclic) bond motifs is 1. The van der Waals surface area contributed by atoms with E-state index < -0.39 is 39.6 Å². The van der Waals surface area contributed by atoms with Crippen molar-refractivity contribution >= 4 is 28.7 Å². The minimum atomic E-state index is -5.08. The fraction of sp³-hybridized carbons (Fsp3) is 0.0323. The molecular weight excluding hydrogens is 555 g/mol. The number of non-ortho nitro benzene ring substituents is 1. The summed E-state index contributed by atoms with van der Waals surface area (Å²) in [5.74, 6) is -3.81. The number of rotatable bonds is 7. The number of carbonyl (C=O) groups is 1. The molecule has 1 aromatic heterocycles. The third-order valence-corrected chi connectivity index (χ3v) is 5.97. The van der Waals surface area contributed by atoms with Crippen molar-refractivity contribution in [2.45, 2.75) is 6.18 Å². The van der Waals surface area contributed by atoms with Gasteiger partial charge in [-0.2, -0.15) is 13.2 Å². The maximum Gasteiger partial charge on any atom is 0.453 e. The van der Waals surface area contributed by atoms with Gasteiger partial charge in [-0.3, -0.25) is 14.9 Å². The quantitative estimate of drug-likeness (QED) is 0.0643. The van der Waals surface area contributed by atoms with Gasteiger partial charge >= 0.3 is 12.1 Å². The third-order valence-electron chi connectivity index (χ3n) is 5.97. The number of nitro benzene ring substituents is 1. The Kier molecular flexibility index (Phi) is 7.57. The average Bonchev–Trinajstić information content (AvgIpc) is 2.98. The van der Waals surface area contributed by atoms with E-state index in [0.717, 1.165) is 29.3 Å². The molecule has 0 aliphatic rings. The highest BCUT2D eigenvalue weighted by molar-refractivity contribution is 5.89. The number of esters is 1. The smallest absolute Gasteiger partial charge is 0.449 e. The first kappa shape index (κ1) is 27.8. The SMILES string of the molecule is O=C(C=Cc1cccc([N+](=O)[O-])c1)Oc1ccc2c(=O)c(Oc3ccc(-c4ccccc4)cc3)c(C(F)(F)F)oc2c1. The van der Waals surface area contributed by atoms with Crippen LogP contribution in [0.15, 0.2) is 112 Å². The number of carbonyl (C=O) groups excluding carboxylic acids is 1. The molecule has 0 aliphatic carbocycles. The van der Waals surface area contributed by atoms with Gasteiger partial charge in [0.15, 0.2) is 0 Å². The van der Waals surface area contributed by atoms with Crippen molar-refractivity contribution in [2.75, 3.05) is 0 Å². The van der Waals surface area contributed by atoms with Crippen molar-refractivity contribution in [3.63, 3.8) is 0 Å². The van der Waals surface area contributed by atoms with Crippen molar-refractivity contribution in [1.82, 2.24) is 0 Å². The standard InChI is InChI=1S/C31H18F3NO7/c32-31(33,34)30-29(41-23-12-10-21(11-13-23)20-6-2-1-3-7-20)28(37)25-15-14-24(18-26(25)42-30)40-27(36)16-9-19-5-4-8-22(17-19)35(38)39/h1-18H. The molecule has 0 atom stereocenters. The number of alkyl halides is 3. The average molecular weight is 573 g/mol. The van der Waals surface area contributed by atoms with Gasteiger partial charge in [-0.25, -0.2) is 4.79 Å². The Labute approximate surface area is 235 Å². The van der Waals surface area contributed by atoms with E-state index in [1.165, 1.54) is 48.5 Å². The summed E-state index contributed by atoms with van der Waals surface area (Å²) in [5, 5.41) is 10.7. The number of hydrogen-bond donors (Lipinski definition) is 0. The summed E-state index contributed by atoms with van der Waals surface area (Å²) in [6, 6.07) is 24.3. The molecule has 5 aromatic rings. The Morgan fingerprint density at radius 1 is 0.857 bits per heavy atom. The molecule has 0 spiro atoms. The van der Waals surface area contributed by atoms with Gasteiger partial charge in [0, 0.05) is 24.3 Å². The largest absolute Gasteiger partial charge is 0.453 e. The molecule has 0 aliphatic heterocycles. The van der Waals surface area contributed by atoms with Gasteiger partial charge in [0.2, 0.25) is 11.2 Å². The first-order valence-corrected chi connectivity index (χ1v) is 12.2. The zero-order valence-corrected chi connectivity index (χ0v) is 21.3. The minimum absolute atomic E-state index is 0.00656. The zero-order valence-electron chi connectivity index (χ0n) is 21.3. The fourth-order valence-corrected chi connectivity index (χ4v) is 4.02. The van der Waals surface area contributed by atoms with Gasteiger partial charge < -0.3 is 13.9 Å². The van der Waals surface area contributed by atoms with Crippen molar-refractivity contribution < 1.29 is 36.8 Å². The van der Waals surface area contributed by atoms with Crippen LogP contribution in [0.5, 0.6) is 17.2 Å². The second-order valence-corrected chi connectivity index (χ2v) is 8.84. The molecular formula is C31H18F3NO7. The van der Waals surface area contributed by atoms with Gasteiger partial charge in [-0.1, -0.05) is 54.6 Å². The summed E-state index contributed by atoms with van der Waals surface area (Å²) in [4.78, 5) is 35.7. The molecule has 42 heavy (non-hydrogen) atoms. The van der Waals surface area contributed by atoms with Crippen LogP contribution < -0.4 is 14.9 Å². The zero-order chi connectivity index (χ0) is 29.9. The first-order valence-electron chi connectivity index (χ1n) is 12.2. The fourth-order valence-electron chi connectivity index (χ4n) is 4.02. The Morgan fingerprint density at radius 2 is 1.55 bits per heavy atom. The Hall–Kier alpha value is -5.71. The lowest BCUT2D eigenvalue weighted by atomic mass is 10.1. The van der Waals surface area contributed by atoms with Crippen LogP contribution in [0, 0.1) is 10.1 Å². The predicted octanol–water partition coefficient (Wildman–Crippen LogP) is 7.80. The van der Waals surface area contributed by atoms with E-state index in [9.17, 15) is 32.9 Å². The molecule has 1 heterocycles. The molecule has 210 valence electrons. The molecule has 4 aromatic carbocycles. The number of nitro groups is 1. The van der Waals surface area contributed by atoms with Crippen LogP contribution in [0.25, 0.3) is 28.2 Å². The third kappa shape index (κ3) is 6.20. The molecule has 5 rings (SSSR count). The summed E-state index contributed by atoms with van der Waals surface area (Å²) in [5.41, 5.74) is 0.310. The number of hydrogen-bond acceptors (Lipinski definition) is 7. The van der Waals surface area contributed by atoms with E-state index in [1.807, 2.05) is 30.3 Å². The summed E-state index contributed by atoms with van der Waals surface area (Å²) < 4.78 is 57.4. The normalized spacial score (nSPS) is 11.5. The van der Waals surface area contributed by atoms with Crippen LogP contribution in [-0.2, 0) is 11.0 Å². The lowest BCUT2D eigenvalue weighted by Gasteiger charge is -2.14. The number of nitrogens with zero attached hydrogens (tertiary/aromatic N) is 1. The Morgan fingerprint density at radius 3 is 2.24 bits per heavy atom. The van der Waals surface area contributed by atoms with Crippen molar-refractivity contribution in [3.8, 4) is 28.4 Å². The lowest BCUT2D eigenvalue weighted by Crippen LogP contribution is -2.15. The maximum atomic E-state index is 13.9. The highest BCUT2D eigenvalue weighted by atomic mass is 19.4. The minimum Gasteiger partial charge on any atom is -0.449 e. The summed E-state index contributed by atoms with van der Waals surface area (Å²) in [6.45, 7) is 0. The lowest BCUT2D eigenvalue weighted by molar-refractivity contribution is -0.384. The van der Waals surface area contributed by atoms with Crippen molar-refractivity contribution in [3.05, 3.63) is 135 Å². The number of ether oxygens (including phenoxy) is 2. The molecule has 0 fully saturated rings. The van der Waals surface area contributed by atoms with Gasteiger partial charge in [-0.05, 0) is 47.0 Å². The summed E-state index contributed by atoms with van der Waals surface area (Å²) >= 11 is 0. The van der Waals surface area contributed by atoms with Crippen molar-refractivity contribution in [1.29, 1.82) is 0 Å². The van der Waals surface area contributed by atoms with Gasteiger partial charge in [0.1, 0.15) is 17.1 Å². The van der Waals surface area contributed by atoms with E-state index >= 15 is 0 Å². The number of benzene rings is 4. The van der Waals surface area contributed by atoms with E-state index in [-0.39, 0.29) is 22.6 Å². The topological polar surface area (TPSA) is 109 Å². The Balaban J connectivity index is 1.41. The van der Waals surface area contributed by atoms with Gasteiger partial charge in [-0.15, -0.1) is 0 Å². The van der Waals surface area contributed by atoms with Crippen LogP contribution in [0.1, 0.15) is 11.3 Å². The monoisotopic (exact) mass is 573 g/mol. The molecule has 0 bridgehead atoms. The van der Waals surface area contributed by atoms with Crippen LogP contribution in [-0.4, -0.2) is 10.9 Å². The molecule has 0 saturated carbocycles. The van der Waals surface area contributed by atoms with E-state index in [4.69, 9.17) is 13.9 Å². The molecule has 0 radical (unpaired) electrons. The molecule has 8 nitrogen and oxygen atoms in total. The number of halogens is 3. The van der Waals surface area contributed by atoms with Crippen LogP contribution >= 0.6 is 0 Å². The molecule has 0 saturated heterocycles. The highest BCUT2D eigenvalue weighted by Crippen LogP contribution is 2.39. The van der Waals surface area contributed by atoms with Gasteiger partial charge in [0.05, 0.1) is 10.3 Å². The molecule has 0 unspecified atom stereocenters. The molecule has 11 heteroatoms. The van der Waals surface area contributed by atoms with Crippen LogP contribution in [0.3, 0.4) is 0 Å². The first-order chi connectivity index (χ1) is 20.1. The van der Waals surface area contributed by atoms with Gasteiger partial charge in [0.25, 0.3) is 11.4 Å².